The van der Waals surface area contributed by atoms with Crippen LogP contribution in [-0.4, -0.2) is 16.3 Å². The van der Waals surface area contributed by atoms with Crippen molar-refractivity contribution in [2.45, 2.75) is 12.8 Å². The van der Waals surface area contributed by atoms with E-state index in [0.717, 1.165) is 23.6 Å². The molecule has 2 N–H and O–H groups in total. The summed E-state index contributed by atoms with van der Waals surface area (Å²) in [6.07, 6.45) is 5.87. The molecule has 84 valence electrons. The van der Waals surface area contributed by atoms with Gasteiger partial charge in [-0.15, -0.1) is 0 Å². The Bertz CT molecular complexity index is 448. The Morgan fingerprint density at radius 1 is 1.25 bits per heavy atom. The highest BCUT2D eigenvalue weighted by atomic mass is 35.5. The molecule has 0 spiro atoms. The third-order valence-corrected chi connectivity index (χ3v) is 2.65. The van der Waals surface area contributed by atoms with E-state index in [1.807, 2.05) is 41.3 Å². The predicted octanol–water partition coefficient (Wildman–Crippen LogP) is 2.42. The van der Waals surface area contributed by atoms with Crippen LogP contribution in [0.15, 0.2) is 36.7 Å². The highest BCUT2D eigenvalue weighted by Gasteiger charge is 2.00. The number of hydrogen-bond acceptors (Lipinski definition) is 2. The summed E-state index contributed by atoms with van der Waals surface area (Å²) in [5, 5.41) is 5.04. The number of aromatic nitrogens is 2. The van der Waals surface area contributed by atoms with Crippen molar-refractivity contribution in [3.63, 3.8) is 0 Å². The lowest BCUT2D eigenvalue weighted by atomic mass is 10.2. The average Bonchev–Trinajstić information content (AvgIpc) is 2.76. The second-order valence-electron chi connectivity index (χ2n) is 3.66. The second kappa shape index (κ2) is 5.14. The van der Waals surface area contributed by atoms with Crippen LogP contribution in [0.4, 0.5) is 0 Å². The number of nitrogens with two attached hydrogens (primary N) is 1. The van der Waals surface area contributed by atoms with E-state index < -0.39 is 0 Å². The molecule has 0 atom stereocenters. The molecule has 0 saturated heterocycles. The maximum absolute atomic E-state index is 5.83. The van der Waals surface area contributed by atoms with Crippen LogP contribution in [0.3, 0.4) is 0 Å². The topological polar surface area (TPSA) is 43.8 Å². The van der Waals surface area contributed by atoms with E-state index in [9.17, 15) is 0 Å². The van der Waals surface area contributed by atoms with Crippen molar-refractivity contribution in [3.05, 3.63) is 47.2 Å². The summed E-state index contributed by atoms with van der Waals surface area (Å²) in [5.41, 5.74) is 7.69. The van der Waals surface area contributed by atoms with Gasteiger partial charge in [0.1, 0.15) is 0 Å². The minimum absolute atomic E-state index is 0.714. The third-order valence-electron chi connectivity index (χ3n) is 2.40. The van der Waals surface area contributed by atoms with Crippen LogP contribution in [0.1, 0.15) is 12.0 Å². The van der Waals surface area contributed by atoms with Crippen LogP contribution < -0.4 is 5.73 Å². The molecular formula is C12H14ClN3. The van der Waals surface area contributed by atoms with E-state index in [-0.39, 0.29) is 0 Å². The fourth-order valence-corrected chi connectivity index (χ4v) is 1.66. The monoisotopic (exact) mass is 235 g/mol. The van der Waals surface area contributed by atoms with Gasteiger partial charge in [0.2, 0.25) is 0 Å². The zero-order valence-corrected chi connectivity index (χ0v) is 9.69. The molecule has 0 unspecified atom stereocenters. The van der Waals surface area contributed by atoms with Crippen LogP contribution in [0.25, 0.3) is 5.69 Å². The molecule has 1 heterocycles. The summed E-state index contributed by atoms with van der Waals surface area (Å²) < 4.78 is 1.85. The van der Waals surface area contributed by atoms with E-state index in [1.165, 1.54) is 5.56 Å². The Labute approximate surface area is 99.8 Å². The van der Waals surface area contributed by atoms with Gasteiger partial charge in [-0.3, -0.25) is 0 Å². The van der Waals surface area contributed by atoms with Gasteiger partial charge in [0.15, 0.2) is 0 Å². The van der Waals surface area contributed by atoms with Crippen LogP contribution >= 0.6 is 11.6 Å². The molecule has 0 radical (unpaired) electrons. The molecule has 0 saturated carbocycles. The highest BCUT2D eigenvalue weighted by molar-refractivity contribution is 6.30. The van der Waals surface area contributed by atoms with Crippen molar-refractivity contribution in [3.8, 4) is 5.69 Å². The molecule has 2 aromatic rings. The van der Waals surface area contributed by atoms with Gasteiger partial charge in [-0.2, -0.15) is 5.10 Å². The lowest BCUT2D eigenvalue weighted by molar-refractivity contribution is 0.831. The van der Waals surface area contributed by atoms with Crippen LogP contribution in [0, 0.1) is 0 Å². The summed E-state index contributed by atoms with van der Waals surface area (Å²) in [5.74, 6) is 0. The Balaban J connectivity index is 2.15. The minimum Gasteiger partial charge on any atom is -0.330 e. The third kappa shape index (κ3) is 2.62. The lowest BCUT2D eigenvalue weighted by Crippen LogP contribution is -1.99. The molecule has 2 rings (SSSR count). The standard InChI is InChI=1S/C12H14ClN3/c13-11-3-5-12(6-4-11)16-9-10(8-15-16)2-1-7-14/h3-6,8-9H,1-2,7,14H2. The lowest BCUT2D eigenvalue weighted by Gasteiger charge is -2.00. The van der Waals surface area contributed by atoms with Crippen molar-refractivity contribution in [2.75, 3.05) is 6.54 Å². The Morgan fingerprint density at radius 3 is 2.69 bits per heavy atom. The fourth-order valence-electron chi connectivity index (χ4n) is 1.53. The summed E-state index contributed by atoms with van der Waals surface area (Å²) in [4.78, 5) is 0. The number of hydrogen-bond donors (Lipinski definition) is 1. The zero-order chi connectivity index (χ0) is 11.4. The highest BCUT2D eigenvalue weighted by Crippen LogP contribution is 2.13. The van der Waals surface area contributed by atoms with Crippen molar-refractivity contribution in [2.24, 2.45) is 5.73 Å². The van der Waals surface area contributed by atoms with Crippen molar-refractivity contribution in [1.82, 2.24) is 9.78 Å². The van der Waals surface area contributed by atoms with Crippen molar-refractivity contribution in [1.29, 1.82) is 0 Å². The Hall–Kier alpha value is -1.32. The molecule has 1 aromatic carbocycles. The first-order valence-electron chi connectivity index (χ1n) is 5.29. The molecule has 1 aromatic heterocycles. The molecule has 0 aliphatic carbocycles. The molecule has 16 heavy (non-hydrogen) atoms. The maximum Gasteiger partial charge on any atom is 0.0646 e. The number of nitrogens with zero attached hydrogens (tertiary/aromatic N) is 2. The van der Waals surface area contributed by atoms with Gasteiger partial charge >= 0.3 is 0 Å². The minimum atomic E-state index is 0.714. The van der Waals surface area contributed by atoms with Crippen LogP contribution in [0.2, 0.25) is 5.02 Å². The zero-order valence-electron chi connectivity index (χ0n) is 8.94. The number of benzene rings is 1. The normalized spacial score (nSPS) is 10.6. The van der Waals surface area contributed by atoms with Gasteiger partial charge in [0.25, 0.3) is 0 Å². The van der Waals surface area contributed by atoms with Gasteiger partial charge in [-0.25, -0.2) is 4.68 Å². The summed E-state index contributed by atoms with van der Waals surface area (Å²) >= 11 is 5.83. The fraction of sp³-hybridized carbons (Fsp3) is 0.250. The molecule has 0 fully saturated rings. The molecule has 4 heteroatoms. The van der Waals surface area contributed by atoms with Gasteiger partial charge in [-0.1, -0.05) is 11.6 Å². The number of halogens is 1. The summed E-state index contributed by atoms with van der Waals surface area (Å²) in [6, 6.07) is 7.61. The van der Waals surface area contributed by atoms with Crippen molar-refractivity contribution >= 4 is 11.6 Å². The second-order valence-corrected chi connectivity index (χ2v) is 4.10. The summed E-state index contributed by atoms with van der Waals surface area (Å²) in [6.45, 7) is 0.714. The largest absolute Gasteiger partial charge is 0.330 e. The van der Waals surface area contributed by atoms with E-state index in [0.29, 0.717) is 6.54 Å². The molecule has 0 aliphatic rings. The van der Waals surface area contributed by atoms with E-state index in [1.54, 1.807) is 0 Å². The molecular weight excluding hydrogens is 222 g/mol. The van der Waals surface area contributed by atoms with E-state index >= 15 is 0 Å². The van der Waals surface area contributed by atoms with Crippen LogP contribution in [0.5, 0.6) is 0 Å². The quantitative estimate of drug-likeness (QED) is 0.885. The maximum atomic E-state index is 5.83. The number of aryl methyl sites for hydroxylation is 1. The molecule has 0 amide bonds. The Kier molecular flexibility index (Phi) is 3.59. The van der Waals surface area contributed by atoms with Crippen LogP contribution in [-0.2, 0) is 6.42 Å². The van der Waals surface area contributed by atoms with E-state index in [4.69, 9.17) is 17.3 Å². The van der Waals surface area contributed by atoms with Gasteiger partial charge < -0.3 is 5.73 Å². The molecule has 0 aliphatic heterocycles. The van der Waals surface area contributed by atoms with Gasteiger partial charge in [-0.05, 0) is 49.2 Å². The number of rotatable bonds is 4. The first kappa shape index (κ1) is 11.2. The summed E-state index contributed by atoms with van der Waals surface area (Å²) in [7, 11) is 0. The van der Waals surface area contributed by atoms with E-state index in [2.05, 4.69) is 5.10 Å². The Morgan fingerprint density at radius 2 is 2.00 bits per heavy atom. The SMILES string of the molecule is NCCCc1cnn(-c2ccc(Cl)cc2)c1. The molecule has 0 bridgehead atoms. The van der Waals surface area contributed by atoms with Crippen molar-refractivity contribution < 1.29 is 0 Å². The average molecular weight is 236 g/mol. The first-order chi connectivity index (χ1) is 7.79. The predicted molar refractivity (Wildman–Crippen MR) is 65.9 cm³/mol. The smallest absolute Gasteiger partial charge is 0.0646 e. The van der Waals surface area contributed by atoms with Gasteiger partial charge in [0.05, 0.1) is 11.9 Å². The van der Waals surface area contributed by atoms with Gasteiger partial charge in [0, 0.05) is 11.2 Å². The first-order valence-corrected chi connectivity index (χ1v) is 5.67. The molecule has 3 nitrogen and oxygen atoms in total.